The lowest BCUT2D eigenvalue weighted by Crippen LogP contribution is -2.15. The highest BCUT2D eigenvalue weighted by atomic mass is 79.9. The molecular weight excluding hydrogens is 344 g/mol. The molecule has 0 aliphatic rings. The molecule has 0 radical (unpaired) electrons. The van der Waals surface area contributed by atoms with E-state index < -0.39 is 11.9 Å². The van der Waals surface area contributed by atoms with E-state index in [1.165, 1.54) is 19.2 Å². The molecule has 2 N–H and O–H groups in total. The summed E-state index contributed by atoms with van der Waals surface area (Å²) in [4.78, 5) is 23.2. The number of carboxylic acids is 1. The number of ether oxygens (including phenoxy) is 1. The van der Waals surface area contributed by atoms with Gasteiger partial charge in [-0.2, -0.15) is 0 Å². The summed E-state index contributed by atoms with van der Waals surface area (Å²) in [5.41, 5.74) is 0.166. The van der Waals surface area contributed by atoms with E-state index in [2.05, 4.69) is 26.4 Å². The molecule has 0 saturated carbocycles. The van der Waals surface area contributed by atoms with Gasteiger partial charge in [-0.1, -0.05) is 11.2 Å². The molecule has 0 saturated heterocycles. The van der Waals surface area contributed by atoms with Crippen molar-refractivity contribution in [3.8, 4) is 0 Å². The Morgan fingerprint density at radius 2 is 2.24 bits per heavy atom. The number of hydrogen-bond acceptors (Lipinski definition) is 5. The summed E-state index contributed by atoms with van der Waals surface area (Å²) >= 11 is 3.20. The molecule has 1 heterocycles. The number of aromatic nitrogens is 1. The fraction of sp³-hybridized carbons (Fsp3) is 0.154. The van der Waals surface area contributed by atoms with Gasteiger partial charge in [0.2, 0.25) is 0 Å². The van der Waals surface area contributed by atoms with Crippen molar-refractivity contribution in [3.05, 3.63) is 45.8 Å². The van der Waals surface area contributed by atoms with Crippen LogP contribution in [0.4, 0.5) is 5.69 Å². The SMILES string of the molecule is COCc1cc(C(=O)Nc2c(Br)cccc2C(=O)O)no1. The van der Waals surface area contributed by atoms with Crippen LogP contribution in [0.25, 0.3) is 0 Å². The van der Waals surface area contributed by atoms with Gasteiger partial charge >= 0.3 is 5.97 Å². The molecule has 0 atom stereocenters. The van der Waals surface area contributed by atoms with Crippen LogP contribution in [-0.4, -0.2) is 29.2 Å². The van der Waals surface area contributed by atoms with Crippen LogP contribution in [0.2, 0.25) is 0 Å². The van der Waals surface area contributed by atoms with Gasteiger partial charge in [0.15, 0.2) is 11.5 Å². The summed E-state index contributed by atoms with van der Waals surface area (Å²) in [5, 5.41) is 15.2. The zero-order chi connectivity index (χ0) is 15.4. The third-order valence-electron chi connectivity index (χ3n) is 2.56. The summed E-state index contributed by atoms with van der Waals surface area (Å²) < 4.78 is 10.2. The number of carboxylic acid groups (broad SMARTS) is 1. The third kappa shape index (κ3) is 3.47. The molecule has 0 bridgehead atoms. The highest BCUT2D eigenvalue weighted by Crippen LogP contribution is 2.27. The van der Waals surface area contributed by atoms with Crippen molar-refractivity contribution in [1.29, 1.82) is 0 Å². The van der Waals surface area contributed by atoms with Gasteiger partial charge in [0.1, 0.15) is 6.61 Å². The number of nitrogens with one attached hydrogen (secondary N) is 1. The number of aromatic carboxylic acids is 1. The minimum absolute atomic E-state index is 0.0293. The lowest BCUT2D eigenvalue weighted by atomic mass is 10.1. The Balaban J connectivity index is 2.25. The smallest absolute Gasteiger partial charge is 0.337 e. The Hall–Kier alpha value is -2.19. The Morgan fingerprint density at radius 3 is 2.90 bits per heavy atom. The molecule has 1 aromatic carbocycles. The Labute approximate surface area is 128 Å². The van der Waals surface area contributed by atoms with E-state index in [9.17, 15) is 9.59 Å². The number of methoxy groups -OCH3 is 1. The third-order valence-corrected chi connectivity index (χ3v) is 3.22. The molecule has 0 aliphatic heterocycles. The van der Waals surface area contributed by atoms with E-state index in [0.29, 0.717) is 10.2 Å². The standard InChI is InChI=1S/C13H11BrN2O5/c1-20-6-7-5-10(16-21-7)12(17)15-11-8(13(18)19)3-2-4-9(11)14/h2-5H,6H2,1H3,(H,15,17)(H,18,19). The second-order valence-corrected chi connectivity index (χ2v) is 4.89. The van der Waals surface area contributed by atoms with Crippen LogP contribution in [0.3, 0.4) is 0 Å². The lowest BCUT2D eigenvalue weighted by molar-refractivity contribution is 0.0698. The summed E-state index contributed by atoms with van der Waals surface area (Å²) in [5.74, 6) is -1.32. The van der Waals surface area contributed by atoms with Crippen molar-refractivity contribution in [1.82, 2.24) is 5.16 Å². The van der Waals surface area contributed by atoms with Crippen molar-refractivity contribution in [2.75, 3.05) is 12.4 Å². The number of nitrogens with zero attached hydrogens (tertiary/aromatic N) is 1. The molecule has 1 amide bonds. The van der Waals surface area contributed by atoms with E-state index in [-0.39, 0.29) is 23.6 Å². The predicted octanol–water partition coefficient (Wildman–Crippen LogP) is 2.53. The quantitative estimate of drug-likeness (QED) is 0.855. The van der Waals surface area contributed by atoms with Crippen molar-refractivity contribution < 1.29 is 24.0 Å². The summed E-state index contributed by atoms with van der Waals surface area (Å²) in [6.45, 7) is 0.190. The van der Waals surface area contributed by atoms with Gasteiger partial charge in [0.25, 0.3) is 5.91 Å². The molecule has 7 nitrogen and oxygen atoms in total. The van der Waals surface area contributed by atoms with E-state index in [0.717, 1.165) is 0 Å². The second kappa shape index (κ2) is 6.51. The molecule has 0 aliphatic carbocycles. The lowest BCUT2D eigenvalue weighted by Gasteiger charge is -2.09. The van der Waals surface area contributed by atoms with E-state index in [4.69, 9.17) is 14.4 Å². The van der Waals surface area contributed by atoms with Crippen LogP contribution in [0, 0.1) is 0 Å². The normalized spacial score (nSPS) is 10.4. The van der Waals surface area contributed by atoms with Crippen LogP contribution in [0.15, 0.2) is 33.3 Å². The topological polar surface area (TPSA) is 102 Å². The summed E-state index contributed by atoms with van der Waals surface area (Å²) in [6, 6.07) is 6.01. The molecular formula is C13H11BrN2O5. The molecule has 2 aromatic rings. The Bertz CT molecular complexity index is 683. The first-order valence-electron chi connectivity index (χ1n) is 5.80. The van der Waals surface area contributed by atoms with E-state index in [1.807, 2.05) is 0 Å². The average molecular weight is 355 g/mol. The fourth-order valence-corrected chi connectivity index (χ4v) is 2.10. The van der Waals surface area contributed by atoms with Crippen LogP contribution >= 0.6 is 15.9 Å². The first-order chi connectivity index (χ1) is 10.0. The number of hydrogen-bond donors (Lipinski definition) is 2. The highest BCUT2D eigenvalue weighted by Gasteiger charge is 2.18. The Morgan fingerprint density at radius 1 is 1.48 bits per heavy atom. The van der Waals surface area contributed by atoms with Crippen LogP contribution < -0.4 is 5.32 Å². The summed E-state index contributed by atoms with van der Waals surface area (Å²) in [6.07, 6.45) is 0. The second-order valence-electron chi connectivity index (χ2n) is 4.03. The summed E-state index contributed by atoms with van der Waals surface area (Å²) in [7, 11) is 1.49. The predicted molar refractivity (Wildman–Crippen MR) is 76.3 cm³/mol. The van der Waals surface area contributed by atoms with Gasteiger partial charge in [0.05, 0.1) is 11.3 Å². The fourth-order valence-electron chi connectivity index (χ4n) is 1.64. The van der Waals surface area contributed by atoms with Gasteiger partial charge in [-0.25, -0.2) is 4.79 Å². The number of amides is 1. The first kappa shape index (κ1) is 15.2. The molecule has 0 spiro atoms. The highest BCUT2D eigenvalue weighted by molar-refractivity contribution is 9.10. The molecule has 0 unspecified atom stereocenters. The zero-order valence-electron chi connectivity index (χ0n) is 10.9. The molecule has 0 fully saturated rings. The van der Waals surface area contributed by atoms with Gasteiger partial charge < -0.3 is 19.7 Å². The molecule has 110 valence electrons. The maximum atomic E-state index is 12.1. The van der Waals surface area contributed by atoms with Crippen LogP contribution in [0.1, 0.15) is 26.6 Å². The average Bonchev–Trinajstić information content (AvgIpc) is 2.90. The minimum atomic E-state index is -1.15. The maximum absolute atomic E-state index is 12.1. The minimum Gasteiger partial charge on any atom is -0.478 e. The molecule has 21 heavy (non-hydrogen) atoms. The number of carbonyl (C=O) groups is 2. The maximum Gasteiger partial charge on any atom is 0.337 e. The van der Waals surface area contributed by atoms with Crippen molar-refractivity contribution >= 4 is 33.5 Å². The molecule has 2 rings (SSSR count). The van der Waals surface area contributed by atoms with E-state index >= 15 is 0 Å². The van der Waals surface area contributed by atoms with Gasteiger partial charge in [-0.15, -0.1) is 0 Å². The van der Waals surface area contributed by atoms with E-state index in [1.54, 1.807) is 12.1 Å². The first-order valence-corrected chi connectivity index (χ1v) is 6.60. The molecule has 1 aromatic heterocycles. The number of anilines is 1. The van der Waals surface area contributed by atoms with Crippen LogP contribution in [0.5, 0.6) is 0 Å². The van der Waals surface area contributed by atoms with Gasteiger partial charge in [0, 0.05) is 17.6 Å². The number of halogens is 1. The molecule has 8 heteroatoms. The van der Waals surface area contributed by atoms with Gasteiger partial charge in [-0.3, -0.25) is 4.79 Å². The van der Waals surface area contributed by atoms with Crippen molar-refractivity contribution in [2.45, 2.75) is 6.61 Å². The monoisotopic (exact) mass is 354 g/mol. The number of carbonyl (C=O) groups excluding carboxylic acids is 1. The Kier molecular flexibility index (Phi) is 4.71. The van der Waals surface area contributed by atoms with Crippen molar-refractivity contribution in [2.24, 2.45) is 0 Å². The number of rotatable bonds is 5. The largest absolute Gasteiger partial charge is 0.478 e. The number of benzene rings is 1. The van der Waals surface area contributed by atoms with Crippen molar-refractivity contribution in [3.63, 3.8) is 0 Å². The van der Waals surface area contributed by atoms with Gasteiger partial charge in [-0.05, 0) is 28.1 Å². The van der Waals surface area contributed by atoms with Crippen LogP contribution in [-0.2, 0) is 11.3 Å². The number of para-hydroxylation sites is 1. The zero-order valence-corrected chi connectivity index (χ0v) is 12.5.